The zero-order valence-electron chi connectivity index (χ0n) is 18.7. The molecule has 9 nitrogen and oxygen atoms in total. The van der Waals surface area contributed by atoms with Crippen LogP contribution in [0.1, 0.15) is 32.0 Å². The molecular weight excluding hydrogens is 484 g/mol. The maximum absolute atomic E-state index is 13.1. The van der Waals surface area contributed by atoms with Gasteiger partial charge in [-0.15, -0.1) is 0 Å². The monoisotopic (exact) mass is 502 g/mol. The van der Waals surface area contributed by atoms with Gasteiger partial charge in [-0.05, 0) is 48.7 Å². The third kappa shape index (κ3) is 3.61. The van der Waals surface area contributed by atoms with Gasteiger partial charge < -0.3 is 25.6 Å². The summed E-state index contributed by atoms with van der Waals surface area (Å²) in [5, 5.41) is 17.6. The minimum atomic E-state index is -0.629. The Morgan fingerprint density at radius 2 is 1.86 bits per heavy atom. The van der Waals surface area contributed by atoms with Crippen LogP contribution in [0, 0.1) is 0 Å². The predicted molar refractivity (Wildman–Crippen MR) is 132 cm³/mol. The van der Waals surface area contributed by atoms with Crippen molar-refractivity contribution in [2.75, 3.05) is 12.1 Å². The van der Waals surface area contributed by atoms with Crippen LogP contribution in [0.4, 0.5) is 5.69 Å². The molecule has 0 spiro atoms. The Hall–Kier alpha value is -4.50. The summed E-state index contributed by atoms with van der Waals surface area (Å²) >= 11 is 6.31. The molecule has 0 fully saturated rings. The molecule has 2 aliphatic rings. The van der Waals surface area contributed by atoms with Crippen molar-refractivity contribution in [3.8, 4) is 34.2 Å². The van der Waals surface area contributed by atoms with E-state index in [1.165, 1.54) is 0 Å². The highest BCUT2D eigenvalue weighted by atomic mass is 35.5. The van der Waals surface area contributed by atoms with Crippen molar-refractivity contribution >= 4 is 29.1 Å². The van der Waals surface area contributed by atoms with Crippen LogP contribution in [-0.2, 0) is 12.8 Å². The molecule has 1 aliphatic carbocycles. The van der Waals surface area contributed by atoms with E-state index in [0.29, 0.717) is 41.4 Å². The Morgan fingerprint density at radius 3 is 2.64 bits per heavy atom. The standard InChI is InChI=1S/C26H19ClN4O5/c27-20-11-22-21(35-12-36-22)10-19(20)26(34)29-14-6-4-13-5-7-17-23(25(28)33)30-31(24(17)18(13)8-14)15-2-1-3-16(32)9-15/h1-4,6,8-11,32H,5,7,12H2,(H2,28,33)(H,29,34). The predicted octanol–water partition coefficient (Wildman–Crippen LogP) is 4.08. The lowest BCUT2D eigenvalue weighted by molar-refractivity contribution is 0.0992. The van der Waals surface area contributed by atoms with Crippen molar-refractivity contribution in [2.45, 2.75) is 12.8 Å². The number of aromatic nitrogens is 2. The number of rotatable bonds is 4. The summed E-state index contributed by atoms with van der Waals surface area (Å²) in [5.41, 5.74) is 10.4. The summed E-state index contributed by atoms with van der Waals surface area (Å²) in [5.74, 6) is -0.0314. The highest BCUT2D eigenvalue weighted by molar-refractivity contribution is 6.34. The summed E-state index contributed by atoms with van der Waals surface area (Å²) < 4.78 is 12.3. The second-order valence-corrected chi connectivity index (χ2v) is 8.89. The van der Waals surface area contributed by atoms with E-state index in [-0.39, 0.29) is 28.8 Å². The molecule has 6 rings (SSSR count). The molecule has 2 amide bonds. The molecule has 0 atom stereocenters. The molecule has 1 aromatic heterocycles. The van der Waals surface area contributed by atoms with Gasteiger partial charge in [0.15, 0.2) is 17.2 Å². The fourth-order valence-corrected chi connectivity index (χ4v) is 4.85. The first-order valence-electron chi connectivity index (χ1n) is 11.1. The highest BCUT2D eigenvalue weighted by Gasteiger charge is 2.29. The van der Waals surface area contributed by atoms with Gasteiger partial charge >= 0.3 is 0 Å². The van der Waals surface area contributed by atoms with Crippen molar-refractivity contribution < 1.29 is 24.2 Å². The van der Waals surface area contributed by atoms with Gasteiger partial charge in [-0.3, -0.25) is 9.59 Å². The number of carbonyl (C=O) groups excluding carboxylic acids is 2. The van der Waals surface area contributed by atoms with Crippen molar-refractivity contribution in [1.82, 2.24) is 9.78 Å². The molecule has 4 aromatic rings. The van der Waals surface area contributed by atoms with Crippen LogP contribution >= 0.6 is 11.6 Å². The first-order valence-corrected chi connectivity index (χ1v) is 11.5. The minimum Gasteiger partial charge on any atom is -0.508 e. The van der Waals surface area contributed by atoms with E-state index in [2.05, 4.69) is 10.4 Å². The van der Waals surface area contributed by atoms with Crippen LogP contribution in [0.2, 0.25) is 5.02 Å². The first kappa shape index (κ1) is 22.0. The summed E-state index contributed by atoms with van der Waals surface area (Å²) in [4.78, 5) is 25.3. The second kappa shape index (κ2) is 8.31. The molecule has 0 saturated heterocycles. The quantitative estimate of drug-likeness (QED) is 0.386. The number of ether oxygens (including phenoxy) is 2. The number of phenols is 1. The van der Waals surface area contributed by atoms with Gasteiger partial charge in [0.25, 0.3) is 11.8 Å². The van der Waals surface area contributed by atoms with Crippen LogP contribution in [0.3, 0.4) is 0 Å². The van der Waals surface area contributed by atoms with Crippen molar-refractivity contribution in [3.05, 3.63) is 82.0 Å². The molecule has 0 unspecified atom stereocenters. The minimum absolute atomic E-state index is 0.0648. The molecular formula is C26H19ClN4O5. The van der Waals surface area contributed by atoms with E-state index in [9.17, 15) is 14.7 Å². The first-order chi connectivity index (χ1) is 17.4. The highest BCUT2D eigenvalue weighted by Crippen LogP contribution is 2.40. The molecule has 0 bridgehead atoms. The van der Waals surface area contributed by atoms with Gasteiger partial charge in [-0.1, -0.05) is 23.7 Å². The number of benzene rings is 3. The van der Waals surface area contributed by atoms with E-state index < -0.39 is 11.8 Å². The van der Waals surface area contributed by atoms with Gasteiger partial charge in [0.2, 0.25) is 6.79 Å². The third-order valence-corrected chi connectivity index (χ3v) is 6.58. The third-order valence-electron chi connectivity index (χ3n) is 6.27. The zero-order chi connectivity index (χ0) is 25.0. The summed E-state index contributed by atoms with van der Waals surface area (Å²) in [6.07, 6.45) is 1.26. The number of nitrogens with two attached hydrogens (primary N) is 1. The van der Waals surface area contributed by atoms with E-state index in [1.807, 2.05) is 18.2 Å². The van der Waals surface area contributed by atoms with Crippen molar-refractivity contribution in [2.24, 2.45) is 5.73 Å². The fraction of sp³-hybridized carbons (Fsp3) is 0.115. The molecule has 0 saturated carbocycles. The summed E-state index contributed by atoms with van der Waals surface area (Å²) in [6.45, 7) is 0.0735. The lowest BCUT2D eigenvalue weighted by atomic mass is 9.88. The normalized spacial score (nSPS) is 13.1. The van der Waals surface area contributed by atoms with E-state index in [1.54, 1.807) is 41.1 Å². The SMILES string of the molecule is NC(=O)c1nn(-c2cccc(O)c2)c2c1CCc1ccc(NC(=O)c3cc4c(cc3Cl)OCO4)cc1-2. The van der Waals surface area contributed by atoms with E-state index in [0.717, 1.165) is 16.7 Å². The van der Waals surface area contributed by atoms with Crippen molar-refractivity contribution in [3.63, 3.8) is 0 Å². The Balaban J connectivity index is 1.42. The number of hydrogen-bond donors (Lipinski definition) is 3. The molecule has 3 aromatic carbocycles. The molecule has 0 radical (unpaired) electrons. The van der Waals surface area contributed by atoms with Gasteiger partial charge in [0, 0.05) is 28.9 Å². The number of aromatic hydroxyl groups is 1. The lowest BCUT2D eigenvalue weighted by Crippen LogP contribution is -2.16. The number of fused-ring (bicyclic) bond motifs is 4. The van der Waals surface area contributed by atoms with Crippen LogP contribution in [0.15, 0.2) is 54.6 Å². The molecule has 36 heavy (non-hydrogen) atoms. The maximum Gasteiger partial charge on any atom is 0.269 e. The maximum atomic E-state index is 13.1. The topological polar surface area (TPSA) is 129 Å². The van der Waals surface area contributed by atoms with Crippen LogP contribution in [0.5, 0.6) is 17.2 Å². The molecule has 2 heterocycles. The Morgan fingerprint density at radius 1 is 1.06 bits per heavy atom. The summed E-state index contributed by atoms with van der Waals surface area (Å²) in [7, 11) is 0. The molecule has 10 heteroatoms. The van der Waals surface area contributed by atoms with Crippen LogP contribution in [-0.4, -0.2) is 33.5 Å². The Labute approximate surface area is 210 Å². The van der Waals surface area contributed by atoms with E-state index >= 15 is 0 Å². The summed E-state index contributed by atoms with van der Waals surface area (Å²) in [6, 6.07) is 15.3. The fourth-order valence-electron chi connectivity index (χ4n) is 4.62. The van der Waals surface area contributed by atoms with Gasteiger partial charge in [0.1, 0.15) is 5.75 Å². The molecule has 1 aliphatic heterocycles. The van der Waals surface area contributed by atoms with Crippen molar-refractivity contribution in [1.29, 1.82) is 0 Å². The number of nitrogens with zero attached hydrogens (tertiary/aromatic N) is 2. The molecule has 180 valence electrons. The van der Waals surface area contributed by atoms with Crippen LogP contribution < -0.4 is 20.5 Å². The second-order valence-electron chi connectivity index (χ2n) is 8.48. The average molecular weight is 503 g/mol. The Kier molecular flexibility index (Phi) is 5.08. The zero-order valence-corrected chi connectivity index (χ0v) is 19.5. The smallest absolute Gasteiger partial charge is 0.269 e. The number of phenolic OH excluding ortho intramolecular Hbond substituents is 1. The largest absolute Gasteiger partial charge is 0.508 e. The number of nitrogens with one attached hydrogen (secondary N) is 1. The number of hydrogen-bond acceptors (Lipinski definition) is 6. The van der Waals surface area contributed by atoms with E-state index in [4.69, 9.17) is 26.8 Å². The number of amides is 2. The molecule has 4 N–H and O–H groups in total. The Bertz CT molecular complexity index is 1580. The lowest BCUT2D eigenvalue weighted by Gasteiger charge is -2.20. The van der Waals surface area contributed by atoms with Gasteiger partial charge in [-0.2, -0.15) is 5.10 Å². The number of carbonyl (C=O) groups is 2. The van der Waals surface area contributed by atoms with Gasteiger partial charge in [0.05, 0.1) is 22.0 Å². The number of anilines is 1. The van der Waals surface area contributed by atoms with Crippen LogP contribution in [0.25, 0.3) is 16.9 Å². The van der Waals surface area contributed by atoms with Gasteiger partial charge in [-0.25, -0.2) is 4.68 Å². The number of primary amides is 1. The number of halogens is 1. The number of aryl methyl sites for hydroxylation is 1. The average Bonchev–Trinajstić information content (AvgIpc) is 3.48.